The van der Waals surface area contributed by atoms with Crippen LogP contribution >= 0.6 is 0 Å². The van der Waals surface area contributed by atoms with Crippen LogP contribution in [-0.4, -0.2) is 10.9 Å². The molecule has 0 spiro atoms. The van der Waals surface area contributed by atoms with Crippen LogP contribution in [0.3, 0.4) is 0 Å². The molecule has 5 nitrogen and oxygen atoms in total. The van der Waals surface area contributed by atoms with Gasteiger partial charge in [0.2, 0.25) is 0 Å². The summed E-state index contributed by atoms with van der Waals surface area (Å²) in [6, 6.07) is 11.7. The van der Waals surface area contributed by atoms with Gasteiger partial charge in [-0.3, -0.25) is 10.1 Å². The molecule has 2 aromatic rings. The highest BCUT2D eigenvalue weighted by Gasteiger charge is 2.11. The van der Waals surface area contributed by atoms with Crippen molar-refractivity contribution in [2.75, 3.05) is 0 Å². The molecule has 0 saturated carbocycles. The van der Waals surface area contributed by atoms with Crippen LogP contribution in [0.4, 0.5) is 5.69 Å². The summed E-state index contributed by atoms with van der Waals surface area (Å²) in [6.45, 7) is 0. The van der Waals surface area contributed by atoms with Crippen molar-refractivity contribution in [2.24, 2.45) is 0 Å². The second-order valence-corrected chi connectivity index (χ2v) is 5.74. The number of rotatable bonds is 4. The minimum atomic E-state index is -0.468. The Balaban J connectivity index is 1.63. The van der Waals surface area contributed by atoms with Gasteiger partial charge in [0.1, 0.15) is 5.75 Å². The molecule has 122 valence electrons. The largest absolute Gasteiger partial charge is 0.423 e. The number of fused-ring (bicyclic) bond motifs is 1. The molecule has 24 heavy (non-hydrogen) atoms. The Bertz CT molecular complexity index is 794. The lowest BCUT2D eigenvalue weighted by Gasteiger charge is -2.16. The van der Waals surface area contributed by atoms with Crippen molar-refractivity contribution in [3.63, 3.8) is 0 Å². The van der Waals surface area contributed by atoms with E-state index >= 15 is 0 Å². The molecule has 0 heterocycles. The van der Waals surface area contributed by atoms with E-state index in [1.807, 2.05) is 18.2 Å². The summed E-state index contributed by atoms with van der Waals surface area (Å²) in [4.78, 5) is 22.0. The fourth-order valence-electron chi connectivity index (χ4n) is 2.79. The maximum atomic E-state index is 11.9. The van der Waals surface area contributed by atoms with Crippen LogP contribution in [0.1, 0.15) is 29.5 Å². The highest BCUT2D eigenvalue weighted by molar-refractivity contribution is 5.88. The molecule has 3 rings (SSSR count). The molecule has 2 aromatic carbocycles. The third kappa shape index (κ3) is 3.87. The van der Waals surface area contributed by atoms with Gasteiger partial charge in [0, 0.05) is 18.2 Å². The molecular weight excluding hydrogens is 306 g/mol. The number of nitro benzene ring substituents is 1. The topological polar surface area (TPSA) is 69.4 Å². The Morgan fingerprint density at radius 3 is 2.46 bits per heavy atom. The van der Waals surface area contributed by atoms with Gasteiger partial charge in [-0.2, -0.15) is 0 Å². The molecule has 0 N–H and O–H groups in total. The summed E-state index contributed by atoms with van der Waals surface area (Å²) >= 11 is 0. The van der Waals surface area contributed by atoms with Gasteiger partial charge >= 0.3 is 5.97 Å². The van der Waals surface area contributed by atoms with Gasteiger partial charge in [-0.25, -0.2) is 4.79 Å². The summed E-state index contributed by atoms with van der Waals surface area (Å²) < 4.78 is 5.33. The van der Waals surface area contributed by atoms with E-state index in [1.165, 1.54) is 42.2 Å². The Morgan fingerprint density at radius 2 is 1.75 bits per heavy atom. The number of ether oxygens (including phenoxy) is 1. The molecular formula is C19H17NO4. The lowest BCUT2D eigenvalue weighted by Crippen LogP contribution is -2.06. The van der Waals surface area contributed by atoms with E-state index in [9.17, 15) is 14.9 Å². The number of benzene rings is 2. The fraction of sp³-hybridized carbons (Fsp3) is 0.211. The molecule has 0 bridgehead atoms. The number of nitro groups is 1. The van der Waals surface area contributed by atoms with E-state index in [1.54, 1.807) is 18.2 Å². The molecule has 1 aliphatic rings. The van der Waals surface area contributed by atoms with Crippen LogP contribution in [-0.2, 0) is 17.6 Å². The predicted molar refractivity (Wildman–Crippen MR) is 90.8 cm³/mol. The van der Waals surface area contributed by atoms with Gasteiger partial charge in [0.15, 0.2) is 0 Å². The normalized spacial score (nSPS) is 13.5. The van der Waals surface area contributed by atoms with Crippen molar-refractivity contribution >= 4 is 17.7 Å². The average Bonchev–Trinajstić information content (AvgIpc) is 2.60. The van der Waals surface area contributed by atoms with Crippen molar-refractivity contribution in [1.29, 1.82) is 0 Å². The quantitative estimate of drug-likeness (QED) is 0.279. The van der Waals surface area contributed by atoms with Crippen LogP contribution in [0.2, 0.25) is 0 Å². The first-order chi connectivity index (χ1) is 11.6. The predicted octanol–water partition coefficient (Wildman–Crippen LogP) is 4.09. The van der Waals surface area contributed by atoms with Gasteiger partial charge in [0.25, 0.3) is 5.69 Å². The first kappa shape index (κ1) is 15.9. The average molecular weight is 323 g/mol. The molecule has 0 aliphatic heterocycles. The molecule has 0 unspecified atom stereocenters. The highest BCUT2D eigenvalue weighted by Crippen LogP contribution is 2.25. The SMILES string of the molecule is O=C(/C=C/c1ccc([N+](=O)[O-])cc1)Oc1ccc2c(c1)CCCC2. The lowest BCUT2D eigenvalue weighted by molar-refractivity contribution is -0.384. The minimum absolute atomic E-state index is 0.0174. The van der Waals surface area contributed by atoms with Gasteiger partial charge in [-0.05, 0) is 72.7 Å². The van der Waals surface area contributed by atoms with E-state index in [0.717, 1.165) is 12.8 Å². The molecule has 0 saturated heterocycles. The maximum Gasteiger partial charge on any atom is 0.336 e. The number of nitrogens with zero attached hydrogens (tertiary/aromatic N) is 1. The van der Waals surface area contributed by atoms with Crippen LogP contribution in [0.5, 0.6) is 5.75 Å². The zero-order valence-electron chi connectivity index (χ0n) is 13.1. The number of hydrogen-bond acceptors (Lipinski definition) is 4. The first-order valence-electron chi connectivity index (χ1n) is 7.88. The summed E-state index contributed by atoms with van der Waals surface area (Å²) in [6.07, 6.45) is 7.39. The van der Waals surface area contributed by atoms with E-state index in [2.05, 4.69) is 0 Å². The van der Waals surface area contributed by atoms with Crippen LogP contribution in [0.15, 0.2) is 48.5 Å². The van der Waals surface area contributed by atoms with E-state index in [4.69, 9.17) is 4.74 Å². The fourth-order valence-corrected chi connectivity index (χ4v) is 2.79. The Morgan fingerprint density at radius 1 is 1.04 bits per heavy atom. The van der Waals surface area contributed by atoms with Crippen molar-refractivity contribution in [1.82, 2.24) is 0 Å². The third-order valence-corrected chi connectivity index (χ3v) is 4.05. The second kappa shape index (κ2) is 7.08. The molecule has 0 aromatic heterocycles. The maximum absolute atomic E-state index is 11.9. The number of hydrogen-bond donors (Lipinski definition) is 0. The summed E-state index contributed by atoms with van der Waals surface area (Å²) in [5.74, 6) is 0.0816. The van der Waals surface area contributed by atoms with Crippen LogP contribution in [0.25, 0.3) is 6.08 Å². The number of non-ortho nitro benzene ring substituents is 1. The van der Waals surface area contributed by atoms with E-state index in [-0.39, 0.29) is 5.69 Å². The zero-order chi connectivity index (χ0) is 16.9. The molecule has 0 amide bonds. The smallest absolute Gasteiger partial charge is 0.336 e. The molecule has 1 aliphatic carbocycles. The van der Waals surface area contributed by atoms with E-state index in [0.29, 0.717) is 11.3 Å². The zero-order valence-corrected chi connectivity index (χ0v) is 13.1. The van der Waals surface area contributed by atoms with Gasteiger partial charge in [-0.15, -0.1) is 0 Å². The van der Waals surface area contributed by atoms with Gasteiger partial charge in [-0.1, -0.05) is 6.07 Å². The molecule has 0 radical (unpaired) electrons. The van der Waals surface area contributed by atoms with Crippen molar-refractivity contribution in [3.05, 3.63) is 75.3 Å². The summed E-state index contributed by atoms with van der Waals surface area (Å²) in [5.41, 5.74) is 3.31. The van der Waals surface area contributed by atoms with Crippen LogP contribution in [0, 0.1) is 10.1 Å². The second-order valence-electron chi connectivity index (χ2n) is 5.74. The minimum Gasteiger partial charge on any atom is -0.423 e. The number of carbonyl (C=O) groups is 1. The molecule has 5 heteroatoms. The first-order valence-corrected chi connectivity index (χ1v) is 7.88. The lowest BCUT2D eigenvalue weighted by atomic mass is 9.92. The number of esters is 1. The van der Waals surface area contributed by atoms with Crippen molar-refractivity contribution in [2.45, 2.75) is 25.7 Å². The Kier molecular flexibility index (Phi) is 4.70. The molecule has 0 atom stereocenters. The third-order valence-electron chi connectivity index (χ3n) is 4.05. The Hall–Kier alpha value is -2.95. The highest BCUT2D eigenvalue weighted by atomic mass is 16.6. The number of aryl methyl sites for hydroxylation is 2. The monoisotopic (exact) mass is 323 g/mol. The van der Waals surface area contributed by atoms with Crippen molar-refractivity contribution < 1.29 is 14.5 Å². The summed E-state index contributed by atoms with van der Waals surface area (Å²) in [5, 5.41) is 10.6. The Labute approximate surface area is 139 Å². The number of carbonyl (C=O) groups excluding carboxylic acids is 1. The van der Waals surface area contributed by atoms with Gasteiger partial charge in [0.05, 0.1) is 4.92 Å². The van der Waals surface area contributed by atoms with Crippen molar-refractivity contribution in [3.8, 4) is 5.75 Å². The van der Waals surface area contributed by atoms with Crippen LogP contribution < -0.4 is 4.74 Å². The standard InChI is InChI=1S/C19H17NO4/c21-19(12-7-14-5-9-17(10-6-14)20(22)23)24-18-11-8-15-3-1-2-4-16(15)13-18/h5-13H,1-4H2/b12-7+. The van der Waals surface area contributed by atoms with Gasteiger partial charge < -0.3 is 4.74 Å². The molecule has 0 fully saturated rings. The van der Waals surface area contributed by atoms with E-state index < -0.39 is 10.9 Å². The summed E-state index contributed by atoms with van der Waals surface area (Å²) in [7, 11) is 0.